The third-order valence-electron chi connectivity index (χ3n) is 3.44. The van der Waals surface area contributed by atoms with Crippen LogP contribution in [-0.2, 0) is 14.3 Å². The van der Waals surface area contributed by atoms with E-state index in [9.17, 15) is 9.59 Å². The Hall–Kier alpha value is -1.94. The van der Waals surface area contributed by atoms with Gasteiger partial charge in [0, 0.05) is 18.8 Å². The number of allylic oxidation sites excluding steroid dienone is 1. The van der Waals surface area contributed by atoms with E-state index in [0.717, 1.165) is 12.8 Å². The summed E-state index contributed by atoms with van der Waals surface area (Å²) >= 11 is 0. The Balaban J connectivity index is 2.25. The maximum absolute atomic E-state index is 12.5. The van der Waals surface area contributed by atoms with Crippen molar-refractivity contribution in [2.45, 2.75) is 19.8 Å². The van der Waals surface area contributed by atoms with E-state index in [4.69, 9.17) is 9.47 Å². The molecular formula is C17H20O4. The summed E-state index contributed by atoms with van der Waals surface area (Å²) in [5.41, 5.74) is 0.638. The molecule has 0 amide bonds. The molecule has 1 saturated heterocycles. The lowest BCUT2D eigenvalue weighted by Crippen LogP contribution is -2.20. The number of ether oxygens (including phenoxy) is 2. The molecule has 1 aliphatic rings. The lowest BCUT2D eigenvalue weighted by molar-refractivity contribution is -0.138. The summed E-state index contributed by atoms with van der Waals surface area (Å²) in [5, 5.41) is 0. The van der Waals surface area contributed by atoms with Crippen LogP contribution >= 0.6 is 0 Å². The number of esters is 1. The summed E-state index contributed by atoms with van der Waals surface area (Å²) in [6.07, 6.45) is 3.41. The van der Waals surface area contributed by atoms with E-state index in [1.807, 2.05) is 6.07 Å². The first kappa shape index (κ1) is 15.4. The highest BCUT2D eigenvalue weighted by Crippen LogP contribution is 2.20. The highest BCUT2D eigenvalue weighted by molar-refractivity contribution is 6.24. The van der Waals surface area contributed by atoms with Gasteiger partial charge in [-0.05, 0) is 25.7 Å². The van der Waals surface area contributed by atoms with Gasteiger partial charge in [0.2, 0.25) is 0 Å². The van der Waals surface area contributed by atoms with Gasteiger partial charge >= 0.3 is 5.97 Å². The normalized spacial score (nSPS) is 16.5. The quantitative estimate of drug-likeness (QED) is 0.275. The van der Waals surface area contributed by atoms with Crippen molar-refractivity contribution in [2.75, 3.05) is 19.8 Å². The van der Waals surface area contributed by atoms with E-state index in [1.165, 1.54) is 0 Å². The summed E-state index contributed by atoms with van der Waals surface area (Å²) < 4.78 is 10.3. The molecule has 1 aromatic carbocycles. The fraction of sp³-hybridized carbons (Fsp3) is 0.412. The van der Waals surface area contributed by atoms with Crippen LogP contribution < -0.4 is 0 Å². The van der Waals surface area contributed by atoms with Crippen LogP contribution in [0, 0.1) is 5.92 Å². The Morgan fingerprint density at radius 3 is 2.52 bits per heavy atom. The second kappa shape index (κ2) is 7.74. The summed E-state index contributed by atoms with van der Waals surface area (Å²) in [5.74, 6) is -0.635. The molecule has 1 fully saturated rings. The summed E-state index contributed by atoms with van der Waals surface area (Å²) in [7, 11) is 0. The van der Waals surface area contributed by atoms with Crippen molar-refractivity contribution >= 4 is 11.8 Å². The first-order valence-electron chi connectivity index (χ1n) is 7.28. The Bertz CT molecular complexity index is 513. The van der Waals surface area contributed by atoms with Gasteiger partial charge in [0.1, 0.15) is 5.57 Å². The molecule has 0 saturated carbocycles. The molecule has 112 valence electrons. The third-order valence-corrected chi connectivity index (χ3v) is 3.44. The van der Waals surface area contributed by atoms with Gasteiger partial charge in [-0.3, -0.25) is 4.79 Å². The number of Topliss-reactive ketones (excluding diaryl/α,β-unsaturated/α-hetero) is 1. The third kappa shape index (κ3) is 4.26. The van der Waals surface area contributed by atoms with Gasteiger partial charge < -0.3 is 9.47 Å². The minimum Gasteiger partial charge on any atom is -0.462 e. The molecule has 1 aromatic rings. The monoisotopic (exact) mass is 288 g/mol. The van der Waals surface area contributed by atoms with E-state index < -0.39 is 5.97 Å². The first-order chi connectivity index (χ1) is 10.2. The van der Waals surface area contributed by atoms with Crippen molar-refractivity contribution < 1.29 is 19.1 Å². The van der Waals surface area contributed by atoms with Crippen molar-refractivity contribution in [1.29, 1.82) is 0 Å². The zero-order chi connectivity index (χ0) is 15.1. The van der Waals surface area contributed by atoms with Crippen LogP contribution in [-0.4, -0.2) is 31.6 Å². The first-order valence-corrected chi connectivity index (χ1v) is 7.28. The number of benzene rings is 1. The second-order valence-corrected chi connectivity index (χ2v) is 4.95. The number of carbonyl (C=O) groups excluding carboxylic acids is 2. The van der Waals surface area contributed by atoms with Gasteiger partial charge in [0.15, 0.2) is 5.78 Å². The standard InChI is InChI=1S/C17H20O4/c1-2-21-17(19)15(12-13-8-10-20-11-9-13)16(18)14-6-4-3-5-7-14/h3-7,12-13H,2,8-11H2,1H3/b15-12-. The van der Waals surface area contributed by atoms with Crippen LogP contribution in [0.5, 0.6) is 0 Å². The van der Waals surface area contributed by atoms with Gasteiger partial charge in [-0.15, -0.1) is 0 Å². The minimum atomic E-state index is -0.544. The molecule has 4 heteroatoms. The van der Waals surface area contributed by atoms with E-state index >= 15 is 0 Å². The summed E-state index contributed by atoms with van der Waals surface area (Å²) in [6, 6.07) is 8.82. The van der Waals surface area contributed by atoms with Crippen molar-refractivity contribution in [3.05, 3.63) is 47.5 Å². The van der Waals surface area contributed by atoms with Crippen molar-refractivity contribution in [3.63, 3.8) is 0 Å². The topological polar surface area (TPSA) is 52.6 Å². The van der Waals surface area contributed by atoms with Gasteiger partial charge in [-0.1, -0.05) is 36.4 Å². The molecule has 21 heavy (non-hydrogen) atoms. The highest BCUT2D eigenvalue weighted by atomic mass is 16.5. The van der Waals surface area contributed by atoms with Crippen molar-refractivity contribution in [3.8, 4) is 0 Å². The van der Waals surface area contributed by atoms with Gasteiger partial charge in [-0.25, -0.2) is 4.79 Å². The summed E-state index contributed by atoms with van der Waals surface area (Å²) in [6.45, 7) is 3.32. The fourth-order valence-electron chi connectivity index (χ4n) is 2.31. The maximum atomic E-state index is 12.5. The lowest BCUT2D eigenvalue weighted by atomic mass is 9.94. The minimum absolute atomic E-state index is 0.134. The second-order valence-electron chi connectivity index (χ2n) is 4.95. The number of hydrogen-bond donors (Lipinski definition) is 0. The van der Waals surface area contributed by atoms with Crippen LogP contribution in [0.2, 0.25) is 0 Å². The molecule has 2 rings (SSSR count). The Kier molecular flexibility index (Phi) is 5.69. The Labute approximate surface area is 124 Å². The van der Waals surface area contributed by atoms with Crippen LogP contribution in [0.25, 0.3) is 0 Å². The molecule has 0 atom stereocenters. The largest absolute Gasteiger partial charge is 0.462 e. The van der Waals surface area contributed by atoms with Crippen LogP contribution in [0.4, 0.5) is 0 Å². The molecular weight excluding hydrogens is 268 g/mol. The Morgan fingerprint density at radius 1 is 1.24 bits per heavy atom. The molecule has 1 heterocycles. The van der Waals surface area contributed by atoms with E-state index in [2.05, 4.69) is 0 Å². The Morgan fingerprint density at radius 2 is 1.90 bits per heavy atom. The predicted octanol–water partition coefficient (Wildman–Crippen LogP) is 2.79. The van der Waals surface area contributed by atoms with Crippen LogP contribution in [0.3, 0.4) is 0 Å². The number of ketones is 1. The molecule has 4 nitrogen and oxygen atoms in total. The molecule has 0 radical (unpaired) electrons. The summed E-state index contributed by atoms with van der Waals surface area (Å²) in [4.78, 5) is 24.6. The average molecular weight is 288 g/mol. The van der Waals surface area contributed by atoms with E-state index in [0.29, 0.717) is 18.8 Å². The smallest absolute Gasteiger partial charge is 0.341 e. The molecule has 0 spiro atoms. The molecule has 0 N–H and O–H groups in total. The number of rotatable bonds is 5. The van der Waals surface area contributed by atoms with Gasteiger partial charge in [0.05, 0.1) is 6.61 Å². The zero-order valence-corrected chi connectivity index (χ0v) is 12.2. The van der Waals surface area contributed by atoms with Crippen LogP contribution in [0.15, 0.2) is 42.0 Å². The zero-order valence-electron chi connectivity index (χ0n) is 12.2. The lowest BCUT2D eigenvalue weighted by Gasteiger charge is -2.19. The highest BCUT2D eigenvalue weighted by Gasteiger charge is 2.23. The number of carbonyl (C=O) groups is 2. The number of hydrogen-bond acceptors (Lipinski definition) is 4. The molecule has 0 aliphatic carbocycles. The van der Waals surface area contributed by atoms with Gasteiger partial charge in [0.25, 0.3) is 0 Å². The van der Waals surface area contributed by atoms with Crippen LogP contribution in [0.1, 0.15) is 30.1 Å². The molecule has 0 unspecified atom stereocenters. The van der Waals surface area contributed by atoms with Crippen molar-refractivity contribution in [1.82, 2.24) is 0 Å². The molecule has 1 aliphatic heterocycles. The fourth-order valence-corrected chi connectivity index (χ4v) is 2.31. The van der Waals surface area contributed by atoms with E-state index in [-0.39, 0.29) is 23.9 Å². The average Bonchev–Trinajstić information content (AvgIpc) is 2.54. The maximum Gasteiger partial charge on any atom is 0.341 e. The molecule has 0 bridgehead atoms. The van der Waals surface area contributed by atoms with Crippen molar-refractivity contribution in [2.24, 2.45) is 5.92 Å². The van der Waals surface area contributed by atoms with E-state index in [1.54, 1.807) is 37.3 Å². The predicted molar refractivity (Wildman–Crippen MR) is 79.0 cm³/mol. The molecule has 0 aromatic heterocycles. The van der Waals surface area contributed by atoms with Gasteiger partial charge in [-0.2, -0.15) is 0 Å². The SMILES string of the molecule is CCOC(=O)/C(=C\C1CCOCC1)C(=O)c1ccccc1.